The number of nitrogens with one attached hydrogen (secondary N) is 2. The molecule has 1 unspecified atom stereocenters. The second-order valence-corrected chi connectivity index (χ2v) is 5.50. The van der Waals surface area contributed by atoms with Gasteiger partial charge < -0.3 is 20.8 Å². The molecule has 0 aliphatic heterocycles. The first kappa shape index (κ1) is 18.0. The number of benzene rings is 2. The van der Waals surface area contributed by atoms with E-state index < -0.39 is 17.9 Å². The number of aromatic hydroxyl groups is 1. The lowest BCUT2D eigenvalue weighted by atomic mass is 10.0. The van der Waals surface area contributed by atoms with Gasteiger partial charge >= 0.3 is 5.97 Å². The molecular weight excluding hydrogens is 324 g/mol. The van der Waals surface area contributed by atoms with Gasteiger partial charge in [0, 0.05) is 19.0 Å². The standard InChI is InChI=1S/C18H18N2O5/c1-11(21)19-16(10-12-2-8-15(22)9-3-12)17(23)20-14-6-4-13(5-7-14)18(24)25/h2-9,16,22H,10H2,1H3,(H,19,21)(H,20,23)(H,24,25). The third-order valence-corrected chi connectivity index (χ3v) is 3.47. The van der Waals surface area contributed by atoms with Gasteiger partial charge in [0.1, 0.15) is 11.8 Å². The highest BCUT2D eigenvalue weighted by molar-refractivity contribution is 5.97. The normalized spacial score (nSPS) is 11.4. The monoisotopic (exact) mass is 342 g/mol. The molecule has 2 amide bonds. The van der Waals surface area contributed by atoms with Crippen LogP contribution >= 0.6 is 0 Å². The van der Waals surface area contributed by atoms with E-state index in [9.17, 15) is 19.5 Å². The van der Waals surface area contributed by atoms with Crippen molar-refractivity contribution in [2.75, 3.05) is 5.32 Å². The van der Waals surface area contributed by atoms with Crippen LogP contribution in [0.1, 0.15) is 22.8 Å². The summed E-state index contributed by atoms with van der Waals surface area (Å²) in [5.41, 5.74) is 1.31. The highest BCUT2D eigenvalue weighted by atomic mass is 16.4. The maximum atomic E-state index is 12.4. The quantitative estimate of drug-likeness (QED) is 0.638. The molecule has 0 aromatic heterocycles. The highest BCUT2D eigenvalue weighted by Crippen LogP contribution is 2.14. The van der Waals surface area contributed by atoms with Crippen LogP contribution in [0, 0.1) is 0 Å². The molecule has 4 N–H and O–H groups in total. The van der Waals surface area contributed by atoms with Crippen LogP contribution in [0.2, 0.25) is 0 Å². The average molecular weight is 342 g/mol. The van der Waals surface area contributed by atoms with Gasteiger partial charge in [-0.3, -0.25) is 9.59 Å². The van der Waals surface area contributed by atoms with Crippen LogP contribution < -0.4 is 10.6 Å². The van der Waals surface area contributed by atoms with Crippen molar-refractivity contribution in [3.05, 3.63) is 59.7 Å². The summed E-state index contributed by atoms with van der Waals surface area (Å²) in [6, 6.07) is 11.3. The van der Waals surface area contributed by atoms with E-state index in [1.165, 1.54) is 43.3 Å². The van der Waals surface area contributed by atoms with Crippen LogP contribution in [-0.4, -0.2) is 34.0 Å². The molecule has 0 aliphatic carbocycles. The molecule has 0 saturated carbocycles. The Morgan fingerprint density at radius 2 is 1.60 bits per heavy atom. The third-order valence-electron chi connectivity index (χ3n) is 3.47. The SMILES string of the molecule is CC(=O)NC(Cc1ccc(O)cc1)C(=O)Nc1ccc(C(=O)O)cc1. The van der Waals surface area contributed by atoms with Crippen molar-refractivity contribution >= 4 is 23.5 Å². The largest absolute Gasteiger partial charge is 0.508 e. The Hall–Kier alpha value is -3.35. The number of aromatic carboxylic acids is 1. The van der Waals surface area contributed by atoms with E-state index in [-0.39, 0.29) is 23.6 Å². The van der Waals surface area contributed by atoms with Crippen molar-refractivity contribution in [2.45, 2.75) is 19.4 Å². The lowest BCUT2D eigenvalue weighted by Crippen LogP contribution is -2.44. The fourth-order valence-electron chi connectivity index (χ4n) is 2.25. The smallest absolute Gasteiger partial charge is 0.335 e. The summed E-state index contributed by atoms with van der Waals surface area (Å²) in [6.07, 6.45) is 0.249. The molecule has 2 aromatic rings. The number of carbonyl (C=O) groups is 3. The van der Waals surface area contributed by atoms with Crippen LogP contribution in [-0.2, 0) is 16.0 Å². The average Bonchev–Trinajstić information content (AvgIpc) is 2.56. The van der Waals surface area contributed by atoms with Crippen LogP contribution in [0.3, 0.4) is 0 Å². The number of carboxylic acid groups (broad SMARTS) is 1. The van der Waals surface area contributed by atoms with Crippen LogP contribution in [0.25, 0.3) is 0 Å². The zero-order valence-corrected chi connectivity index (χ0v) is 13.5. The topological polar surface area (TPSA) is 116 Å². The minimum Gasteiger partial charge on any atom is -0.508 e. The molecule has 2 aromatic carbocycles. The van der Waals surface area contributed by atoms with Crippen molar-refractivity contribution in [3.63, 3.8) is 0 Å². The van der Waals surface area contributed by atoms with Crippen molar-refractivity contribution in [2.24, 2.45) is 0 Å². The maximum absolute atomic E-state index is 12.4. The van der Waals surface area contributed by atoms with E-state index in [4.69, 9.17) is 5.11 Å². The number of amides is 2. The van der Waals surface area contributed by atoms with E-state index in [2.05, 4.69) is 10.6 Å². The summed E-state index contributed by atoms with van der Waals surface area (Å²) < 4.78 is 0. The van der Waals surface area contributed by atoms with Crippen LogP contribution in [0.5, 0.6) is 5.75 Å². The lowest BCUT2D eigenvalue weighted by molar-refractivity contribution is -0.125. The van der Waals surface area contributed by atoms with E-state index in [0.717, 1.165) is 5.56 Å². The number of phenolic OH excluding ortho intramolecular Hbond substituents is 1. The van der Waals surface area contributed by atoms with Gasteiger partial charge in [0.2, 0.25) is 11.8 Å². The number of phenols is 1. The molecule has 0 fully saturated rings. The summed E-state index contributed by atoms with van der Waals surface area (Å²) in [6.45, 7) is 1.32. The molecule has 0 heterocycles. The highest BCUT2D eigenvalue weighted by Gasteiger charge is 2.20. The molecule has 1 atom stereocenters. The van der Waals surface area contributed by atoms with Gasteiger partial charge in [0.15, 0.2) is 0 Å². The number of anilines is 1. The number of rotatable bonds is 6. The Morgan fingerprint density at radius 1 is 1.00 bits per heavy atom. The Morgan fingerprint density at radius 3 is 2.12 bits per heavy atom. The Balaban J connectivity index is 2.10. The van der Waals surface area contributed by atoms with E-state index in [0.29, 0.717) is 5.69 Å². The molecule has 0 radical (unpaired) electrons. The summed E-state index contributed by atoms with van der Waals surface area (Å²) in [5.74, 6) is -1.71. The predicted octanol–water partition coefficient (Wildman–Crippen LogP) is 1.78. The molecule has 0 aliphatic rings. The molecule has 0 bridgehead atoms. The zero-order chi connectivity index (χ0) is 18.4. The lowest BCUT2D eigenvalue weighted by Gasteiger charge is -2.18. The molecule has 7 nitrogen and oxygen atoms in total. The first-order valence-corrected chi connectivity index (χ1v) is 7.54. The number of hydrogen-bond acceptors (Lipinski definition) is 4. The summed E-state index contributed by atoms with van der Waals surface area (Å²) >= 11 is 0. The first-order valence-electron chi connectivity index (χ1n) is 7.54. The minimum absolute atomic E-state index is 0.112. The fourth-order valence-corrected chi connectivity index (χ4v) is 2.25. The predicted molar refractivity (Wildman–Crippen MR) is 91.4 cm³/mol. The van der Waals surface area contributed by atoms with Crippen LogP contribution in [0.15, 0.2) is 48.5 Å². The first-order chi connectivity index (χ1) is 11.8. The Bertz CT molecular complexity index is 769. The molecule has 0 spiro atoms. The van der Waals surface area contributed by atoms with E-state index in [1.54, 1.807) is 12.1 Å². The zero-order valence-electron chi connectivity index (χ0n) is 13.5. The summed E-state index contributed by atoms with van der Waals surface area (Å²) in [4.78, 5) is 34.7. The fraction of sp³-hybridized carbons (Fsp3) is 0.167. The van der Waals surface area contributed by atoms with Gasteiger partial charge in [-0.05, 0) is 42.0 Å². The van der Waals surface area contributed by atoms with Crippen LogP contribution in [0.4, 0.5) is 5.69 Å². The third kappa shape index (κ3) is 5.35. The number of carboxylic acids is 1. The molecule has 25 heavy (non-hydrogen) atoms. The Kier molecular flexibility index (Phi) is 5.73. The van der Waals surface area contributed by atoms with Gasteiger partial charge in [-0.1, -0.05) is 12.1 Å². The van der Waals surface area contributed by atoms with Gasteiger partial charge in [-0.2, -0.15) is 0 Å². The minimum atomic E-state index is -1.05. The van der Waals surface area contributed by atoms with Gasteiger partial charge in [-0.15, -0.1) is 0 Å². The van der Waals surface area contributed by atoms with Crippen molar-refractivity contribution in [3.8, 4) is 5.75 Å². The van der Waals surface area contributed by atoms with Crippen molar-refractivity contribution < 1.29 is 24.6 Å². The second-order valence-electron chi connectivity index (χ2n) is 5.50. The summed E-state index contributed by atoms with van der Waals surface area (Å²) in [5, 5.41) is 23.4. The number of carbonyl (C=O) groups excluding carboxylic acids is 2. The summed E-state index contributed by atoms with van der Waals surface area (Å²) in [7, 11) is 0. The molecule has 130 valence electrons. The van der Waals surface area contributed by atoms with Gasteiger partial charge in [0.25, 0.3) is 0 Å². The van der Waals surface area contributed by atoms with E-state index >= 15 is 0 Å². The second kappa shape index (κ2) is 7.96. The molecule has 2 rings (SSSR count). The van der Waals surface area contributed by atoms with E-state index in [1.807, 2.05) is 0 Å². The molecule has 7 heteroatoms. The van der Waals surface area contributed by atoms with Crippen molar-refractivity contribution in [1.82, 2.24) is 5.32 Å². The molecule has 0 saturated heterocycles. The number of hydrogen-bond donors (Lipinski definition) is 4. The molecular formula is C18H18N2O5. The van der Waals surface area contributed by atoms with Gasteiger partial charge in [-0.25, -0.2) is 4.79 Å². The Labute approximate surface area is 144 Å². The van der Waals surface area contributed by atoms with Gasteiger partial charge in [0.05, 0.1) is 5.56 Å². The van der Waals surface area contributed by atoms with Crippen molar-refractivity contribution in [1.29, 1.82) is 0 Å². The maximum Gasteiger partial charge on any atom is 0.335 e.